The van der Waals surface area contributed by atoms with Gasteiger partial charge in [0, 0.05) is 122 Å². The Hall–Kier alpha value is -9.59. The van der Waals surface area contributed by atoms with E-state index in [9.17, 15) is 0 Å². The molecule has 0 aliphatic heterocycles. The average molecular weight is 1180 g/mol. The van der Waals surface area contributed by atoms with Crippen molar-refractivity contribution in [1.82, 2.24) is 34.9 Å². The molecule has 7 heterocycles. The molecule has 7 aromatic carbocycles. The van der Waals surface area contributed by atoms with Gasteiger partial charge < -0.3 is 0 Å². The lowest BCUT2D eigenvalue weighted by molar-refractivity contribution is 1.14. The summed E-state index contributed by atoms with van der Waals surface area (Å²) < 4.78 is 0. The minimum absolute atomic E-state index is 1.10. The molecule has 0 aliphatic rings. The first kappa shape index (κ1) is 66.4. The van der Waals surface area contributed by atoms with Crippen molar-refractivity contribution in [3.8, 4) is 0 Å². The standard InChI is InChI=1S/2C13H15N.2C12H13N.3C11H11N/c1-8-7-9(2)12-5-6-14-11(4)13(12)10(8)3;1-8-5-6-9(2)13-11(4)14-10(3)7-12(8)13;1-8-6-11-4-5-13-10(3)12(11)7-9(8)2;1-8-4-5-9(2)12-10(3)6-13-7-11(8)12;1-8-3-4-10-7-12-6-5-11(10)9(8)2;1-8-3-4-10-5-6-12-9(2)11(10)7-8;1-8-4-3-5-10-9(2)6-12-7-11(8)10/h2*5-7H,1-4H3;2*4-7H,1-3H3;3*3-7H,1-2H3. The third kappa shape index (κ3) is 15.6. The van der Waals surface area contributed by atoms with Gasteiger partial charge in [-0.15, -0.1) is 0 Å². The van der Waals surface area contributed by atoms with Crippen LogP contribution in [0.2, 0.25) is 0 Å². The van der Waals surface area contributed by atoms with E-state index < -0.39 is 0 Å². The largest absolute Gasteiger partial charge is 0.264 e. The second kappa shape index (κ2) is 29.6. The Labute approximate surface area is 534 Å². The molecule has 456 valence electrons. The minimum atomic E-state index is 1.10. The van der Waals surface area contributed by atoms with E-state index in [1.807, 2.05) is 75.7 Å². The lowest BCUT2D eigenvalue weighted by atomic mass is 9.96. The lowest BCUT2D eigenvalue weighted by Crippen LogP contribution is -1.92. The summed E-state index contributed by atoms with van der Waals surface area (Å²) in [6.45, 7) is 42.4. The van der Waals surface area contributed by atoms with Crippen LogP contribution in [0, 0.1) is 138 Å². The number of hydrogen-bond acceptors (Lipinski definition) is 7. The molecule has 14 aromatic rings. The zero-order valence-electron chi connectivity index (χ0n) is 56.9. The van der Waals surface area contributed by atoms with Gasteiger partial charge in [-0.25, -0.2) is 0 Å². The fourth-order valence-corrected chi connectivity index (χ4v) is 11.9. The number of hydrogen-bond donors (Lipinski definition) is 0. The molecule has 90 heavy (non-hydrogen) atoms. The maximum absolute atomic E-state index is 4.50. The number of pyridine rings is 7. The SMILES string of the molecule is Cc1cc(C)c2ccnc(C)c2c1C.Cc1cc2c(C)ccc(C)c2c(C)n1.Cc1cc2ccnc(C)c2cc1C.Cc1ccc(C)c2c(C)cncc12.Cc1ccc2ccnc(C)c2c1.Cc1ccc2cnccc2c1C.Cc1cncc2c(C)cccc12. The van der Waals surface area contributed by atoms with Crippen molar-refractivity contribution in [2.75, 3.05) is 0 Å². The second-order valence-electron chi connectivity index (χ2n) is 24.4. The molecule has 7 aromatic heterocycles. The van der Waals surface area contributed by atoms with E-state index >= 15 is 0 Å². The highest BCUT2D eigenvalue weighted by atomic mass is 14.7. The number of nitrogens with zero attached hydrogens (tertiary/aromatic N) is 7. The van der Waals surface area contributed by atoms with Gasteiger partial charge >= 0.3 is 0 Å². The van der Waals surface area contributed by atoms with Gasteiger partial charge in [0.1, 0.15) is 0 Å². The molecule has 0 aliphatic carbocycles. The number of fused-ring (bicyclic) bond motifs is 7. The van der Waals surface area contributed by atoms with E-state index in [0.717, 1.165) is 28.5 Å². The lowest BCUT2D eigenvalue weighted by Gasteiger charge is -2.10. The first-order valence-corrected chi connectivity index (χ1v) is 31.1. The Balaban J connectivity index is 0.000000136. The predicted molar refractivity (Wildman–Crippen MR) is 387 cm³/mol. The molecule has 0 atom stereocenters. The maximum atomic E-state index is 4.50. The fourth-order valence-electron chi connectivity index (χ4n) is 11.9. The van der Waals surface area contributed by atoms with Gasteiger partial charge in [-0.05, 0) is 297 Å². The molecule has 0 saturated heterocycles. The third-order valence-electron chi connectivity index (χ3n) is 17.5. The highest BCUT2D eigenvalue weighted by molar-refractivity contribution is 5.93. The molecule has 14 rings (SSSR count). The van der Waals surface area contributed by atoms with E-state index in [0.29, 0.717) is 0 Å². The van der Waals surface area contributed by atoms with Crippen molar-refractivity contribution in [3.63, 3.8) is 0 Å². The van der Waals surface area contributed by atoms with E-state index in [1.165, 1.54) is 159 Å². The van der Waals surface area contributed by atoms with Crippen molar-refractivity contribution in [2.24, 2.45) is 0 Å². The normalized spacial score (nSPS) is 10.7. The van der Waals surface area contributed by atoms with Crippen LogP contribution in [0.5, 0.6) is 0 Å². The summed E-state index contributed by atoms with van der Waals surface area (Å²) in [4.78, 5) is 29.9. The van der Waals surface area contributed by atoms with Gasteiger partial charge in [0.15, 0.2) is 0 Å². The zero-order chi connectivity index (χ0) is 65.1. The van der Waals surface area contributed by atoms with Crippen LogP contribution in [0.15, 0.2) is 177 Å². The molecule has 0 radical (unpaired) electrons. The van der Waals surface area contributed by atoms with Crippen molar-refractivity contribution in [1.29, 1.82) is 0 Å². The highest BCUT2D eigenvalue weighted by Crippen LogP contribution is 2.29. The number of aromatic nitrogens is 7. The fraction of sp³-hybridized carbons (Fsp3) is 0.241. The molecule has 0 fully saturated rings. The Kier molecular flexibility index (Phi) is 21.8. The number of rotatable bonds is 0. The zero-order valence-corrected chi connectivity index (χ0v) is 56.9. The maximum Gasteiger partial charge on any atom is 0.0456 e. The van der Waals surface area contributed by atoms with Gasteiger partial charge in [-0.2, -0.15) is 0 Å². The first-order valence-electron chi connectivity index (χ1n) is 31.1. The molecule has 7 heteroatoms. The van der Waals surface area contributed by atoms with E-state index in [1.54, 1.807) is 0 Å². The van der Waals surface area contributed by atoms with E-state index in [2.05, 4.69) is 275 Å². The number of benzene rings is 7. The third-order valence-corrected chi connectivity index (χ3v) is 17.5. The van der Waals surface area contributed by atoms with Gasteiger partial charge in [-0.3, -0.25) is 34.9 Å². The predicted octanol–water partition coefficient (Wildman–Crippen LogP) is 21.8. The summed E-state index contributed by atoms with van der Waals surface area (Å²) in [7, 11) is 0. The van der Waals surface area contributed by atoms with E-state index in [-0.39, 0.29) is 0 Å². The van der Waals surface area contributed by atoms with Crippen molar-refractivity contribution >= 4 is 75.4 Å². The van der Waals surface area contributed by atoms with E-state index in [4.69, 9.17) is 0 Å². The Morgan fingerprint density at radius 3 is 1.48 bits per heavy atom. The van der Waals surface area contributed by atoms with Crippen molar-refractivity contribution < 1.29 is 0 Å². The molecular weight excluding hydrogens is 1090 g/mol. The summed E-state index contributed by atoms with van der Waals surface area (Å²) >= 11 is 0. The summed E-state index contributed by atoms with van der Waals surface area (Å²) in [5, 5.41) is 18.1. The minimum Gasteiger partial charge on any atom is -0.264 e. The van der Waals surface area contributed by atoms with Crippen molar-refractivity contribution in [2.45, 2.75) is 138 Å². The molecule has 0 spiro atoms. The van der Waals surface area contributed by atoms with Crippen molar-refractivity contribution in [3.05, 3.63) is 289 Å². The molecule has 0 N–H and O–H groups in total. The van der Waals surface area contributed by atoms with Crippen LogP contribution < -0.4 is 0 Å². The van der Waals surface area contributed by atoms with Gasteiger partial charge in [-0.1, -0.05) is 84.4 Å². The second-order valence-corrected chi connectivity index (χ2v) is 24.4. The van der Waals surface area contributed by atoms with Crippen LogP contribution in [-0.4, -0.2) is 34.9 Å². The monoisotopic (exact) mass is 1180 g/mol. The topological polar surface area (TPSA) is 90.2 Å². The molecule has 0 saturated carbocycles. The highest BCUT2D eigenvalue weighted by Gasteiger charge is 2.09. The Morgan fingerprint density at radius 1 is 0.233 bits per heavy atom. The molecule has 0 bridgehead atoms. The smallest absolute Gasteiger partial charge is 0.0456 e. The van der Waals surface area contributed by atoms with Crippen LogP contribution in [0.25, 0.3) is 75.4 Å². The molecule has 0 unspecified atom stereocenters. The number of aryl methyl sites for hydroxylation is 20. The van der Waals surface area contributed by atoms with Crippen LogP contribution >= 0.6 is 0 Å². The summed E-state index contributed by atoms with van der Waals surface area (Å²) in [6, 6.07) is 42.8. The van der Waals surface area contributed by atoms with Crippen LogP contribution in [0.1, 0.15) is 112 Å². The Bertz CT molecular complexity index is 4820. The van der Waals surface area contributed by atoms with Gasteiger partial charge in [0.05, 0.1) is 0 Å². The molecule has 7 nitrogen and oxygen atoms in total. The average Bonchev–Trinajstić information content (AvgIpc) is 1.04. The van der Waals surface area contributed by atoms with Crippen LogP contribution in [0.4, 0.5) is 0 Å². The first-order chi connectivity index (χ1) is 42.9. The summed E-state index contributed by atoms with van der Waals surface area (Å²) in [6.07, 6.45) is 17.1. The van der Waals surface area contributed by atoms with Gasteiger partial charge in [0.25, 0.3) is 0 Å². The molecular formula is C83H89N7. The Morgan fingerprint density at radius 2 is 0.789 bits per heavy atom. The molecule has 0 amide bonds. The quantitative estimate of drug-likeness (QED) is 0.149. The summed E-state index contributed by atoms with van der Waals surface area (Å²) in [5.41, 5.74) is 25.4. The summed E-state index contributed by atoms with van der Waals surface area (Å²) in [5.74, 6) is 0. The van der Waals surface area contributed by atoms with Crippen LogP contribution in [0.3, 0.4) is 0 Å². The van der Waals surface area contributed by atoms with Crippen LogP contribution in [-0.2, 0) is 0 Å². The van der Waals surface area contributed by atoms with Gasteiger partial charge in [0.2, 0.25) is 0 Å².